The number of fused-ring (bicyclic) bond motifs is 5. The van der Waals surface area contributed by atoms with Gasteiger partial charge in [0.05, 0.1) is 11.9 Å². The molecule has 3 heterocycles. The van der Waals surface area contributed by atoms with Gasteiger partial charge in [0.1, 0.15) is 11.2 Å². The van der Waals surface area contributed by atoms with Crippen molar-refractivity contribution < 1.29 is 14.3 Å². The lowest BCUT2D eigenvalue weighted by atomic mass is 9.87. The van der Waals surface area contributed by atoms with Gasteiger partial charge in [0.15, 0.2) is 11.9 Å². The first-order valence-electron chi connectivity index (χ1n) is 8.62. The van der Waals surface area contributed by atoms with Gasteiger partial charge in [0, 0.05) is 19.1 Å². The quantitative estimate of drug-likeness (QED) is 0.687. The zero-order chi connectivity index (χ0) is 18.3. The molecule has 0 spiro atoms. The van der Waals surface area contributed by atoms with E-state index in [4.69, 9.17) is 9.47 Å². The van der Waals surface area contributed by atoms with E-state index in [2.05, 4.69) is 27.3 Å². The highest BCUT2D eigenvalue weighted by atomic mass is 32.1. The highest BCUT2D eigenvalue weighted by molar-refractivity contribution is 7.19. The van der Waals surface area contributed by atoms with E-state index in [0.717, 1.165) is 23.1 Å². The topological polar surface area (TPSA) is 90.6 Å². The van der Waals surface area contributed by atoms with Crippen LogP contribution in [0, 0.1) is 0 Å². The Balaban J connectivity index is 1.72. The molecule has 1 unspecified atom stereocenters. The van der Waals surface area contributed by atoms with Crippen LogP contribution in [-0.4, -0.2) is 52.5 Å². The fraction of sp³-hybridized carbons (Fsp3) is 0.529. The Kier molecular flexibility index (Phi) is 4.60. The molecule has 3 aromatic rings. The summed E-state index contributed by atoms with van der Waals surface area (Å²) in [7, 11) is 3.04. The molecule has 0 fully saturated rings. The average molecular weight is 375 g/mol. The Morgan fingerprint density at radius 2 is 2.27 bits per heavy atom. The minimum atomic E-state index is -0.505. The molecule has 0 aliphatic heterocycles. The molecule has 0 saturated heterocycles. The third kappa shape index (κ3) is 2.85. The van der Waals surface area contributed by atoms with Crippen molar-refractivity contribution in [3.05, 3.63) is 22.6 Å². The van der Waals surface area contributed by atoms with Crippen LogP contribution >= 0.6 is 11.3 Å². The number of thiophene rings is 1. The number of methoxy groups -OCH3 is 2. The molecular formula is C17H21N5O3S. The fourth-order valence-electron chi connectivity index (χ4n) is 3.50. The molecule has 3 aromatic heterocycles. The van der Waals surface area contributed by atoms with E-state index < -0.39 is 6.29 Å². The molecule has 1 N–H and O–H groups in total. The van der Waals surface area contributed by atoms with Crippen LogP contribution in [-0.2, 0) is 15.9 Å². The maximum Gasteiger partial charge on any atom is 0.291 e. The standard InChI is InChI=1S/C17H21N5O3S/c1-9-5-4-6-10-12(9)13-15-20-14(16(23)18-7-11(24-2)25-3)21-22(15)8-19-17(13)26-10/h8-9,11H,4-7H2,1-3H3,(H,18,23). The molecule has 1 aliphatic carbocycles. The van der Waals surface area contributed by atoms with Crippen molar-refractivity contribution in [1.29, 1.82) is 0 Å². The van der Waals surface area contributed by atoms with Crippen LogP contribution in [0.15, 0.2) is 6.33 Å². The number of rotatable bonds is 5. The smallest absolute Gasteiger partial charge is 0.291 e. The van der Waals surface area contributed by atoms with Gasteiger partial charge in [-0.15, -0.1) is 16.4 Å². The number of carbonyl (C=O) groups excluding carboxylic acids is 1. The second-order valence-corrected chi connectivity index (χ2v) is 7.56. The summed E-state index contributed by atoms with van der Waals surface area (Å²) in [5.74, 6) is 0.227. The molecular weight excluding hydrogens is 354 g/mol. The monoisotopic (exact) mass is 375 g/mol. The third-order valence-electron chi connectivity index (χ3n) is 4.83. The molecule has 26 heavy (non-hydrogen) atoms. The summed E-state index contributed by atoms with van der Waals surface area (Å²) in [5, 5.41) is 8.07. The van der Waals surface area contributed by atoms with Crippen molar-refractivity contribution in [1.82, 2.24) is 24.9 Å². The number of carbonyl (C=O) groups is 1. The lowest BCUT2D eigenvalue weighted by molar-refractivity contribution is -0.0974. The van der Waals surface area contributed by atoms with Crippen LogP contribution in [0.25, 0.3) is 15.9 Å². The average Bonchev–Trinajstić information content (AvgIpc) is 3.23. The minimum absolute atomic E-state index is 0.119. The molecule has 8 nitrogen and oxygen atoms in total. The van der Waals surface area contributed by atoms with Crippen molar-refractivity contribution in [2.75, 3.05) is 20.8 Å². The first-order valence-corrected chi connectivity index (χ1v) is 9.44. The highest BCUT2D eigenvalue weighted by Crippen LogP contribution is 2.42. The second kappa shape index (κ2) is 6.90. The van der Waals surface area contributed by atoms with Crippen LogP contribution in [0.1, 0.15) is 46.7 Å². The van der Waals surface area contributed by atoms with Crippen LogP contribution in [0.5, 0.6) is 0 Å². The van der Waals surface area contributed by atoms with Crippen LogP contribution < -0.4 is 5.32 Å². The van der Waals surface area contributed by atoms with Gasteiger partial charge < -0.3 is 14.8 Å². The maximum atomic E-state index is 12.4. The van der Waals surface area contributed by atoms with Crippen molar-refractivity contribution in [3.63, 3.8) is 0 Å². The third-order valence-corrected chi connectivity index (χ3v) is 6.01. The summed E-state index contributed by atoms with van der Waals surface area (Å²) >= 11 is 1.73. The number of amides is 1. The summed E-state index contributed by atoms with van der Waals surface area (Å²) < 4.78 is 11.7. The molecule has 9 heteroatoms. The SMILES string of the molecule is COC(CNC(=O)c1nc2c3c4c(sc3ncn2n1)CCCC4C)OC. The molecule has 4 rings (SSSR count). The number of aromatic nitrogens is 4. The maximum absolute atomic E-state index is 12.4. The number of hydrogen-bond donors (Lipinski definition) is 1. The van der Waals surface area contributed by atoms with E-state index in [-0.39, 0.29) is 18.3 Å². The Hall–Kier alpha value is -2.10. The number of nitrogens with one attached hydrogen (secondary N) is 1. The normalized spacial score (nSPS) is 17.2. The van der Waals surface area contributed by atoms with Crippen LogP contribution in [0.4, 0.5) is 0 Å². The van der Waals surface area contributed by atoms with Gasteiger partial charge in [0.25, 0.3) is 5.91 Å². The summed E-state index contributed by atoms with van der Waals surface area (Å²) in [5.41, 5.74) is 2.02. The predicted octanol–water partition coefficient (Wildman–Crippen LogP) is 2.13. The summed E-state index contributed by atoms with van der Waals surface area (Å²) in [6, 6.07) is 0. The fourth-order valence-corrected chi connectivity index (χ4v) is 4.80. The molecule has 0 bridgehead atoms. The molecule has 1 aliphatic rings. The van der Waals surface area contributed by atoms with Crippen molar-refractivity contribution in [2.24, 2.45) is 0 Å². The Labute approximate surface area is 154 Å². The lowest BCUT2D eigenvalue weighted by Gasteiger charge is -2.18. The van der Waals surface area contributed by atoms with Crippen molar-refractivity contribution in [2.45, 2.75) is 38.4 Å². The largest absolute Gasteiger partial charge is 0.354 e. The van der Waals surface area contributed by atoms with Gasteiger partial charge in [0.2, 0.25) is 5.82 Å². The Bertz CT molecular complexity index is 962. The predicted molar refractivity (Wildman–Crippen MR) is 97.7 cm³/mol. The summed E-state index contributed by atoms with van der Waals surface area (Å²) in [4.78, 5) is 23.8. The van der Waals surface area contributed by atoms with E-state index in [1.807, 2.05) is 0 Å². The molecule has 0 aromatic carbocycles. The lowest BCUT2D eigenvalue weighted by Crippen LogP contribution is -2.34. The summed E-state index contributed by atoms with van der Waals surface area (Å²) in [6.45, 7) is 2.47. The molecule has 0 radical (unpaired) electrons. The van der Waals surface area contributed by atoms with Crippen LogP contribution in [0.3, 0.4) is 0 Å². The van der Waals surface area contributed by atoms with Gasteiger partial charge in [-0.2, -0.15) is 0 Å². The van der Waals surface area contributed by atoms with Crippen LogP contribution in [0.2, 0.25) is 0 Å². The molecule has 1 atom stereocenters. The first-order chi connectivity index (χ1) is 12.6. The summed E-state index contributed by atoms with van der Waals surface area (Å²) in [6.07, 6.45) is 4.58. The Morgan fingerprint density at radius 3 is 3.04 bits per heavy atom. The van der Waals surface area contributed by atoms with Gasteiger partial charge in [-0.05, 0) is 30.7 Å². The minimum Gasteiger partial charge on any atom is -0.354 e. The zero-order valence-corrected chi connectivity index (χ0v) is 15.8. The molecule has 138 valence electrons. The first kappa shape index (κ1) is 17.3. The zero-order valence-electron chi connectivity index (χ0n) is 15.0. The van der Waals surface area contributed by atoms with E-state index in [9.17, 15) is 4.79 Å². The highest BCUT2D eigenvalue weighted by Gasteiger charge is 2.26. The Morgan fingerprint density at radius 1 is 1.46 bits per heavy atom. The number of aryl methyl sites for hydroxylation is 1. The van der Waals surface area contributed by atoms with E-state index in [0.29, 0.717) is 11.6 Å². The van der Waals surface area contributed by atoms with E-state index in [1.54, 1.807) is 22.2 Å². The van der Waals surface area contributed by atoms with E-state index in [1.165, 1.54) is 31.1 Å². The molecule has 0 saturated carbocycles. The van der Waals surface area contributed by atoms with Gasteiger partial charge in [-0.3, -0.25) is 4.79 Å². The van der Waals surface area contributed by atoms with E-state index >= 15 is 0 Å². The van der Waals surface area contributed by atoms with Gasteiger partial charge in [-0.1, -0.05) is 6.92 Å². The van der Waals surface area contributed by atoms with Gasteiger partial charge in [-0.25, -0.2) is 14.5 Å². The number of ether oxygens (including phenoxy) is 2. The van der Waals surface area contributed by atoms with Crippen molar-refractivity contribution in [3.8, 4) is 0 Å². The number of nitrogens with zero attached hydrogens (tertiary/aromatic N) is 4. The van der Waals surface area contributed by atoms with Crippen molar-refractivity contribution >= 4 is 33.1 Å². The number of hydrogen-bond acceptors (Lipinski definition) is 7. The van der Waals surface area contributed by atoms with Gasteiger partial charge >= 0.3 is 0 Å². The second-order valence-electron chi connectivity index (χ2n) is 6.47. The molecule has 1 amide bonds.